The molecule has 5 nitrogen and oxygen atoms in total. The van der Waals surface area contributed by atoms with Crippen molar-refractivity contribution in [3.05, 3.63) is 60.6 Å². The van der Waals surface area contributed by atoms with Crippen LogP contribution in [0, 0.1) is 0 Å². The summed E-state index contributed by atoms with van der Waals surface area (Å²) in [6, 6.07) is 14.0. The molecule has 0 spiro atoms. The quantitative estimate of drug-likeness (QED) is 0.570. The first-order chi connectivity index (χ1) is 13.3. The monoisotopic (exact) mass is 377 g/mol. The second-order valence-corrected chi connectivity index (χ2v) is 7.74. The average molecular weight is 377 g/mol. The minimum absolute atomic E-state index is 0.357. The van der Waals surface area contributed by atoms with E-state index in [1.165, 1.54) is 0 Å². The van der Waals surface area contributed by atoms with Crippen LogP contribution >= 0.6 is 0 Å². The van der Waals surface area contributed by atoms with Gasteiger partial charge in [0.2, 0.25) is 0 Å². The summed E-state index contributed by atoms with van der Waals surface area (Å²) < 4.78 is 12.3. The minimum atomic E-state index is -0.378. The molecule has 2 heterocycles. The molecule has 3 rings (SSSR count). The predicted octanol–water partition coefficient (Wildman–Crippen LogP) is 4.47. The average Bonchev–Trinajstić information content (AvgIpc) is 2.90. The highest BCUT2D eigenvalue weighted by Gasteiger charge is 2.51. The van der Waals surface area contributed by atoms with Crippen LogP contribution in [0.5, 0.6) is 0 Å². The third kappa shape index (κ3) is 3.89. The Labute approximate surface area is 168 Å². The van der Waals surface area contributed by atoms with E-state index in [0.29, 0.717) is 0 Å². The molecule has 28 heavy (non-hydrogen) atoms. The zero-order valence-electron chi connectivity index (χ0n) is 17.5. The van der Waals surface area contributed by atoms with Gasteiger partial charge in [-0.25, -0.2) is 9.98 Å². The molecule has 1 fully saturated rings. The van der Waals surface area contributed by atoms with E-state index in [4.69, 9.17) is 9.31 Å². The van der Waals surface area contributed by atoms with Gasteiger partial charge >= 0.3 is 7.12 Å². The Morgan fingerprint density at radius 2 is 1.64 bits per heavy atom. The van der Waals surface area contributed by atoms with Gasteiger partial charge in [0.15, 0.2) is 0 Å². The van der Waals surface area contributed by atoms with Crippen molar-refractivity contribution in [1.29, 1.82) is 0 Å². The molecule has 1 saturated heterocycles. The van der Waals surface area contributed by atoms with Gasteiger partial charge in [-0.2, -0.15) is 0 Å². The molecule has 0 aliphatic carbocycles. The largest absolute Gasteiger partial charge is 0.494 e. The molecule has 1 aliphatic rings. The third-order valence-electron chi connectivity index (χ3n) is 5.30. The fourth-order valence-corrected chi connectivity index (χ4v) is 3.02. The smallest absolute Gasteiger partial charge is 0.399 e. The highest BCUT2D eigenvalue weighted by atomic mass is 16.7. The van der Waals surface area contributed by atoms with E-state index in [9.17, 15) is 0 Å². The van der Waals surface area contributed by atoms with Crippen molar-refractivity contribution in [3.63, 3.8) is 0 Å². The number of anilines is 2. The van der Waals surface area contributed by atoms with Gasteiger partial charge in [-0.3, -0.25) is 4.90 Å². The molecule has 0 atom stereocenters. The fraction of sp³-hybridized carbons (Fsp3) is 0.364. The standard InChI is InChI=1S/C22H28BN3O2/c1-7-19(24-8-2)26(20-11-9-10-16-25-20)18-14-12-17(13-15-18)23-27-21(3,4)22(5,6)28-23/h7-16H,1-6H3/b19-7+,24-8-. The summed E-state index contributed by atoms with van der Waals surface area (Å²) >= 11 is 0. The number of hydrogen-bond acceptors (Lipinski definition) is 5. The number of hydrogen-bond donors (Lipinski definition) is 0. The molecule has 1 aliphatic heterocycles. The second-order valence-electron chi connectivity index (χ2n) is 7.74. The summed E-state index contributed by atoms with van der Waals surface area (Å²) in [6.07, 6.45) is 5.53. The Balaban J connectivity index is 1.93. The summed E-state index contributed by atoms with van der Waals surface area (Å²) in [4.78, 5) is 11.0. The fourth-order valence-electron chi connectivity index (χ4n) is 3.02. The van der Waals surface area contributed by atoms with Crippen molar-refractivity contribution in [2.45, 2.75) is 52.7 Å². The van der Waals surface area contributed by atoms with Crippen molar-refractivity contribution in [3.8, 4) is 0 Å². The highest BCUT2D eigenvalue weighted by molar-refractivity contribution is 6.62. The van der Waals surface area contributed by atoms with Crippen molar-refractivity contribution < 1.29 is 9.31 Å². The maximum absolute atomic E-state index is 6.16. The Morgan fingerprint density at radius 1 is 1.00 bits per heavy atom. The van der Waals surface area contributed by atoms with E-state index in [1.54, 1.807) is 12.4 Å². The summed E-state index contributed by atoms with van der Waals surface area (Å²) in [5.74, 6) is 1.62. The topological polar surface area (TPSA) is 47.0 Å². The van der Waals surface area contributed by atoms with E-state index < -0.39 is 0 Å². The van der Waals surface area contributed by atoms with Gasteiger partial charge in [0.1, 0.15) is 11.6 Å². The number of aliphatic imine (C=N–C) groups is 1. The summed E-state index contributed by atoms with van der Waals surface area (Å²) in [7, 11) is -0.378. The molecule has 2 aromatic rings. The van der Waals surface area contributed by atoms with Gasteiger partial charge in [-0.1, -0.05) is 18.2 Å². The maximum atomic E-state index is 6.16. The van der Waals surface area contributed by atoms with E-state index in [0.717, 1.165) is 22.8 Å². The van der Waals surface area contributed by atoms with Gasteiger partial charge < -0.3 is 9.31 Å². The summed E-state index contributed by atoms with van der Waals surface area (Å²) in [6.45, 7) is 12.1. The molecule has 6 heteroatoms. The summed E-state index contributed by atoms with van der Waals surface area (Å²) in [5, 5.41) is 0. The van der Waals surface area contributed by atoms with Crippen molar-refractivity contribution in [2.24, 2.45) is 4.99 Å². The first-order valence-corrected chi connectivity index (χ1v) is 9.61. The molecule has 1 aromatic heterocycles. The van der Waals surface area contributed by atoms with Crippen LogP contribution in [0.3, 0.4) is 0 Å². The van der Waals surface area contributed by atoms with Crippen LogP contribution in [0.25, 0.3) is 0 Å². The van der Waals surface area contributed by atoms with Gasteiger partial charge in [-0.05, 0) is 77.3 Å². The van der Waals surface area contributed by atoms with Gasteiger partial charge in [0.05, 0.1) is 11.2 Å². The van der Waals surface area contributed by atoms with Crippen LogP contribution in [-0.2, 0) is 9.31 Å². The van der Waals surface area contributed by atoms with Crippen LogP contribution in [0.15, 0.2) is 65.6 Å². The Kier molecular flexibility index (Phi) is 5.73. The molecular formula is C22H28BN3O2. The number of pyridine rings is 1. The van der Waals surface area contributed by atoms with Crippen LogP contribution in [0.1, 0.15) is 41.5 Å². The van der Waals surface area contributed by atoms with Crippen LogP contribution in [0.2, 0.25) is 0 Å². The number of aromatic nitrogens is 1. The Hall–Kier alpha value is -2.44. The SMILES string of the molecule is C/C=N\C(=C/C)N(c1ccc(B2OC(C)(C)C(C)(C)O2)cc1)c1ccccn1. The van der Waals surface area contributed by atoms with E-state index >= 15 is 0 Å². The lowest BCUT2D eigenvalue weighted by molar-refractivity contribution is 0.00578. The van der Waals surface area contributed by atoms with Crippen LogP contribution in [-0.4, -0.2) is 29.5 Å². The molecule has 0 bridgehead atoms. The number of allylic oxidation sites excluding steroid dienone is 1. The van der Waals surface area contributed by atoms with Crippen molar-refractivity contribution in [1.82, 2.24) is 4.98 Å². The molecular weight excluding hydrogens is 349 g/mol. The minimum Gasteiger partial charge on any atom is -0.399 e. The first-order valence-electron chi connectivity index (χ1n) is 9.61. The van der Waals surface area contributed by atoms with Crippen molar-refractivity contribution >= 4 is 30.3 Å². The Bertz CT molecular complexity index is 845. The number of nitrogens with zero attached hydrogens (tertiary/aromatic N) is 3. The number of rotatable bonds is 5. The molecule has 0 saturated carbocycles. The normalized spacial score (nSPS) is 18.6. The van der Waals surface area contributed by atoms with Crippen LogP contribution in [0.4, 0.5) is 11.5 Å². The Morgan fingerprint density at radius 3 is 2.14 bits per heavy atom. The molecule has 1 aromatic carbocycles. The number of benzene rings is 1. The molecule has 146 valence electrons. The second kappa shape index (κ2) is 7.90. The lowest BCUT2D eigenvalue weighted by Gasteiger charge is -2.32. The summed E-state index contributed by atoms with van der Waals surface area (Å²) in [5.41, 5.74) is 1.25. The molecule has 0 N–H and O–H groups in total. The first kappa shape index (κ1) is 20.3. The van der Waals surface area contributed by atoms with Gasteiger partial charge in [0, 0.05) is 18.1 Å². The zero-order chi connectivity index (χ0) is 20.4. The highest BCUT2D eigenvalue weighted by Crippen LogP contribution is 2.36. The molecule has 0 unspecified atom stereocenters. The van der Waals surface area contributed by atoms with Gasteiger partial charge in [0.25, 0.3) is 0 Å². The predicted molar refractivity (Wildman–Crippen MR) is 116 cm³/mol. The lowest BCUT2D eigenvalue weighted by Crippen LogP contribution is -2.41. The molecule has 0 radical (unpaired) electrons. The van der Waals surface area contributed by atoms with E-state index in [-0.39, 0.29) is 18.3 Å². The lowest BCUT2D eigenvalue weighted by atomic mass is 9.79. The van der Waals surface area contributed by atoms with Gasteiger partial charge in [-0.15, -0.1) is 0 Å². The zero-order valence-corrected chi connectivity index (χ0v) is 17.5. The van der Waals surface area contributed by atoms with Crippen molar-refractivity contribution in [2.75, 3.05) is 4.90 Å². The van der Waals surface area contributed by atoms with E-state index in [2.05, 4.69) is 37.7 Å². The maximum Gasteiger partial charge on any atom is 0.494 e. The van der Waals surface area contributed by atoms with E-state index in [1.807, 2.05) is 67.3 Å². The molecule has 0 amide bonds. The third-order valence-corrected chi connectivity index (χ3v) is 5.30. The van der Waals surface area contributed by atoms with Crippen LogP contribution < -0.4 is 10.4 Å².